The molecule has 42 heavy (non-hydrogen) atoms. The number of anilines is 1. The lowest BCUT2D eigenvalue weighted by Gasteiger charge is -2.31. The monoisotopic (exact) mass is 589 g/mol. The molecule has 11 nitrogen and oxygen atoms in total. The van der Waals surface area contributed by atoms with Gasteiger partial charge in [0.05, 0.1) is 29.4 Å². The second-order valence-electron chi connectivity index (χ2n) is 9.17. The lowest BCUT2D eigenvalue weighted by Crippen LogP contribution is -2.52. The zero-order chi connectivity index (χ0) is 30.7. The zero-order valence-corrected chi connectivity index (χ0v) is 22.6. The topological polar surface area (TPSA) is 149 Å². The van der Waals surface area contributed by atoms with E-state index in [0.717, 1.165) is 24.1 Å². The third-order valence-electron chi connectivity index (χ3n) is 6.08. The Labute approximate surface area is 239 Å². The van der Waals surface area contributed by atoms with Crippen molar-refractivity contribution >= 4 is 29.6 Å². The fourth-order valence-corrected chi connectivity index (χ4v) is 3.70. The molecule has 14 heteroatoms. The molecule has 0 radical (unpaired) electrons. The van der Waals surface area contributed by atoms with Gasteiger partial charge in [-0.25, -0.2) is 9.59 Å². The number of alkyl halides is 3. The van der Waals surface area contributed by atoms with Gasteiger partial charge in [0.15, 0.2) is 0 Å². The number of urea groups is 1. The molecular formula is C28H30F3N5O6. The van der Waals surface area contributed by atoms with Crippen LogP contribution >= 0.6 is 0 Å². The van der Waals surface area contributed by atoms with E-state index in [2.05, 4.69) is 33.1 Å². The van der Waals surface area contributed by atoms with Gasteiger partial charge in [-0.15, -0.1) is 5.92 Å². The van der Waals surface area contributed by atoms with E-state index >= 15 is 0 Å². The number of halogens is 3. The number of alkyl carbamates (subject to hydrolysis) is 1. The highest BCUT2D eigenvalue weighted by atomic mass is 19.4. The molecule has 5 N–H and O–H groups in total. The number of benzene rings is 2. The van der Waals surface area contributed by atoms with Gasteiger partial charge < -0.3 is 36.0 Å². The van der Waals surface area contributed by atoms with Crippen molar-refractivity contribution in [3.63, 3.8) is 0 Å². The van der Waals surface area contributed by atoms with Gasteiger partial charge in [0.25, 0.3) is 5.91 Å². The van der Waals surface area contributed by atoms with Crippen LogP contribution in [0.1, 0.15) is 34.8 Å². The molecule has 1 saturated heterocycles. The largest absolute Gasteiger partial charge is 0.445 e. The minimum Gasteiger partial charge on any atom is -0.445 e. The SMILES string of the molecule is CC#CC(O)C(CNC(=O)OCc1ccccc1)NC(=O)CNC(=O)c1cc(C(F)(F)F)ccc1NC(=O)N1CCC1. The molecule has 5 amide bonds. The van der Waals surface area contributed by atoms with Crippen molar-refractivity contribution in [3.05, 3.63) is 65.2 Å². The van der Waals surface area contributed by atoms with Gasteiger partial charge in [0.1, 0.15) is 12.7 Å². The number of hydrogen-bond donors (Lipinski definition) is 5. The number of aliphatic hydroxyl groups is 1. The van der Waals surface area contributed by atoms with Gasteiger partial charge in [0.2, 0.25) is 5.91 Å². The molecule has 1 aliphatic heterocycles. The predicted octanol–water partition coefficient (Wildman–Crippen LogP) is 2.47. The van der Waals surface area contributed by atoms with E-state index < -0.39 is 59.9 Å². The summed E-state index contributed by atoms with van der Waals surface area (Å²) in [5.74, 6) is 3.05. The lowest BCUT2D eigenvalue weighted by molar-refractivity contribution is -0.137. The number of rotatable bonds is 10. The summed E-state index contributed by atoms with van der Waals surface area (Å²) in [5.41, 5.74) is -1.04. The standard InChI is InChI=1S/C28H30F3N5O6/c1-2-7-23(37)22(15-33-27(41)42-17-18-8-4-3-5-9-18)34-24(38)16-32-25(39)20-14-19(28(29,30)31)10-11-21(20)35-26(40)36-12-6-13-36/h3-5,8-11,14,22-23,37H,6,12-13,15-17H2,1H3,(H,32,39)(H,33,41)(H,34,38)(H,35,40). The van der Waals surface area contributed by atoms with Crippen LogP contribution in [0.2, 0.25) is 0 Å². The highest BCUT2D eigenvalue weighted by Crippen LogP contribution is 2.32. The molecule has 1 fully saturated rings. The summed E-state index contributed by atoms with van der Waals surface area (Å²) >= 11 is 0. The van der Waals surface area contributed by atoms with Crippen LogP contribution in [0, 0.1) is 11.8 Å². The maximum Gasteiger partial charge on any atom is 0.416 e. The number of ether oxygens (including phenoxy) is 1. The van der Waals surface area contributed by atoms with E-state index in [4.69, 9.17) is 4.74 Å². The number of nitrogens with zero attached hydrogens (tertiary/aromatic N) is 1. The average Bonchev–Trinajstić information content (AvgIpc) is 2.92. The van der Waals surface area contributed by atoms with Crippen molar-refractivity contribution in [2.45, 2.75) is 38.3 Å². The molecule has 3 rings (SSSR count). The molecule has 0 spiro atoms. The van der Waals surface area contributed by atoms with E-state index in [1.165, 1.54) is 11.8 Å². The average molecular weight is 590 g/mol. The Kier molecular flexibility index (Phi) is 11.1. The molecule has 2 aromatic carbocycles. The Balaban J connectivity index is 1.61. The molecule has 1 aliphatic rings. The minimum absolute atomic E-state index is 0.0109. The highest BCUT2D eigenvalue weighted by molar-refractivity contribution is 6.04. The predicted molar refractivity (Wildman–Crippen MR) is 145 cm³/mol. The second-order valence-corrected chi connectivity index (χ2v) is 9.17. The molecular weight excluding hydrogens is 559 g/mol. The van der Waals surface area contributed by atoms with Crippen LogP contribution in [-0.2, 0) is 22.3 Å². The summed E-state index contributed by atoms with van der Waals surface area (Å²) in [6, 6.07) is 9.45. The van der Waals surface area contributed by atoms with Gasteiger partial charge in [-0.1, -0.05) is 36.3 Å². The number of carbonyl (C=O) groups is 4. The first-order chi connectivity index (χ1) is 20.0. The molecule has 2 atom stereocenters. The number of carbonyl (C=O) groups excluding carboxylic acids is 4. The number of nitrogens with one attached hydrogen (secondary N) is 4. The first-order valence-corrected chi connectivity index (χ1v) is 12.9. The Bertz CT molecular complexity index is 1340. The van der Waals surface area contributed by atoms with Crippen LogP contribution in [0.5, 0.6) is 0 Å². The van der Waals surface area contributed by atoms with E-state index in [-0.39, 0.29) is 18.8 Å². The molecule has 1 heterocycles. The molecule has 0 aliphatic carbocycles. The summed E-state index contributed by atoms with van der Waals surface area (Å²) < 4.78 is 45.0. The Morgan fingerprint density at radius 3 is 2.40 bits per heavy atom. The smallest absolute Gasteiger partial charge is 0.416 e. The molecule has 224 valence electrons. The maximum atomic E-state index is 13.3. The highest BCUT2D eigenvalue weighted by Gasteiger charge is 2.32. The van der Waals surface area contributed by atoms with Crippen LogP contribution in [0.3, 0.4) is 0 Å². The first-order valence-electron chi connectivity index (χ1n) is 12.9. The summed E-state index contributed by atoms with van der Waals surface area (Å²) in [7, 11) is 0. The lowest BCUT2D eigenvalue weighted by atomic mass is 10.1. The molecule has 2 unspecified atom stereocenters. The summed E-state index contributed by atoms with van der Waals surface area (Å²) in [4.78, 5) is 51.3. The van der Waals surface area contributed by atoms with Crippen molar-refractivity contribution in [2.75, 3.05) is 31.5 Å². The third-order valence-corrected chi connectivity index (χ3v) is 6.08. The number of aliphatic hydroxyl groups excluding tert-OH is 1. The Morgan fingerprint density at radius 1 is 1.07 bits per heavy atom. The van der Waals surface area contributed by atoms with E-state index in [1.54, 1.807) is 30.3 Å². The Morgan fingerprint density at radius 2 is 1.79 bits per heavy atom. The van der Waals surface area contributed by atoms with Crippen LogP contribution in [0.15, 0.2) is 48.5 Å². The molecule has 0 bridgehead atoms. The zero-order valence-electron chi connectivity index (χ0n) is 22.6. The van der Waals surface area contributed by atoms with Crippen molar-refractivity contribution in [1.29, 1.82) is 0 Å². The normalized spacial score (nSPS) is 13.8. The quantitative estimate of drug-likeness (QED) is 0.269. The molecule has 0 aromatic heterocycles. The van der Waals surface area contributed by atoms with Crippen molar-refractivity contribution in [2.24, 2.45) is 0 Å². The molecule has 2 aromatic rings. The van der Waals surface area contributed by atoms with Gasteiger partial charge >= 0.3 is 18.3 Å². The Hall–Kier alpha value is -4.77. The van der Waals surface area contributed by atoms with Crippen molar-refractivity contribution in [3.8, 4) is 11.8 Å². The number of likely N-dealkylation sites (tertiary alicyclic amines) is 1. The van der Waals surface area contributed by atoms with Crippen LogP contribution < -0.4 is 21.3 Å². The summed E-state index contributed by atoms with van der Waals surface area (Å²) in [6.07, 6.45) is -6.20. The summed E-state index contributed by atoms with van der Waals surface area (Å²) in [5, 5.41) is 19.8. The molecule has 0 saturated carbocycles. The third kappa shape index (κ3) is 9.41. The number of hydrogen-bond acceptors (Lipinski definition) is 6. The van der Waals surface area contributed by atoms with Crippen LogP contribution in [0.4, 0.5) is 28.4 Å². The van der Waals surface area contributed by atoms with Crippen LogP contribution in [-0.4, -0.2) is 72.3 Å². The van der Waals surface area contributed by atoms with Crippen molar-refractivity contribution in [1.82, 2.24) is 20.9 Å². The minimum atomic E-state index is -4.76. The van der Waals surface area contributed by atoms with E-state index in [1.807, 2.05) is 0 Å². The first kappa shape index (κ1) is 31.8. The van der Waals surface area contributed by atoms with E-state index in [0.29, 0.717) is 19.2 Å². The summed E-state index contributed by atoms with van der Waals surface area (Å²) in [6.45, 7) is 1.41. The fraction of sp³-hybridized carbons (Fsp3) is 0.357. The van der Waals surface area contributed by atoms with Gasteiger partial charge in [-0.3, -0.25) is 9.59 Å². The van der Waals surface area contributed by atoms with Gasteiger partial charge in [0, 0.05) is 19.6 Å². The number of amides is 5. The fourth-order valence-electron chi connectivity index (χ4n) is 3.70. The van der Waals surface area contributed by atoms with Crippen LogP contribution in [0.25, 0.3) is 0 Å². The van der Waals surface area contributed by atoms with E-state index in [9.17, 15) is 37.5 Å². The maximum absolute atomic E-state index is 13.3. The van der Waals surface area contributed by atoms with Crippen molar-refractivity contribution < 1.29 is 42.2 Å². The van der Waals surface area contributed by atoms with Gasteiger partial charge in [-0.2, -0.15) is 13.2 Å². The van der Waals surface area contributed by atoms with Gasteiger partial charge in [-0.05, 0) is 37.1 Å². The second kappa shape index (κ2) is 14.7.